The van der Waals surface area contributed by atoms with Crippen LogP contribution in [-0.4, -0.2) is 13.4 Å². The minimum atomic E-state index is -3.98. The van der Waals surface area contributed by atoms with Gasteiger partial charge in [-0.3, -0.25) is 4.98 Å². The smallest absolute Gasteiger partial charge is 0.208 e. The summed E-state index contributed by atoms with van der Waals surface area (Å²) in [7, 11) is -3.98. The van der Waals surface area contributed by atoms with E-state index in [0.29, 0.717) is 32.1 Å². The van der Waals surface area contributed by atoms with Crippen molar-refractivity contribution in [1.29, 1.82) is 0 Å². The Kier molecular flexibility index (Phi) is 5.49. The van der Waals surface area contributed by atoms with Crippen LogP contribution in [0.5, 0.6) is 0 Å². The average Bonchev–Trinajstić information content (AvgIpc) is 2.66. The molecule has 0 aliphatic carbocycles. The van der Waals surface area contributed by atoms with Crippen LogP contribution in [0.2, 0.25) is 20.1 Å². The summed E-state index contributed by atoms with van der Waals surface area (Å²) >= 11 is 24.3. The fraction of sp³-hybridized carbons (Fsp3) is 0. The summed E-state index contributed by atoms with van der Waals surface area (Å²) in [5, 5.41) is 2.06. The van der Waals surface area contributed by atoms with E-state index in [0.717, 1.165) is 0 Å². The van der Waals surface area contributed by atoms with Gasteiger partial charge in [0.2, 0.25) is 9.84 Å². The molecule has 1 aromatic heterocycles. The molecule has 3 nitrogen and oxygen atoms in total. The van der Waals surface area contributed by atoms with Crippen molar-refractivity contribution in [3.63, 3.8) is 0 Å². The number of rotatable bonds is 3. The predicted molar refractivity (Wildman–Crippen MR) is 119 cm³/mol. The van der Waals surface area contributed by atoms with Crippen molar-refractivity contribution < 1.29 is 8.42 Å². The predicted octanol–water partition coefficient (Wildman–Crippen LogP) is 7.35. The summed E-state index contributed by atoms with van der Waals surface area (Å²) in [6, 6.07) is 16.3. The third-order valence-corrected chi connectivity index (χ3v) is 7.00. The molecule has 8 heteroatoms. The van der Waals surface area contributed by atoms with Crippen molar-refractivity contribution in [1.82, 2.24) is 4.98 Å². The highest BCUT2D eigenvalue weighted by Gasteiger charge is 2.25. The van der Waals surface area contributed by atoms with Gasteiger partial charge in [-0.2, -0.15) is 0 Å². The normalized spacial score (nSPS) is 11.7. The van der Waals surface area contributed by atoms with Gasteiger partial charge in [0.15, 0.2) is 0 Å². The van der Waals surface area contributed by atoms with E-state index in [9.17, 15) is 8.42 Å². The Balaban J connectivity index is 2.09. The van der Waals surface area contributed by atoms with Crippen molar-refractivity contribution in [2.75, 3.05) is 0 Å². The molecule has 0 aliphatic heterocycles. The van der Waals surface area contributed by atoms with Gasteiger partial charge in [-0.05, 0) is 48.0 Å². The summed E-state index contributed by atoms with van der Waals surface area (Å²) in [6.45, 7) is 0. The monoisotopic (exact) mass is 481 g/mol. The maximum atomic E-state index is 13.5. The van der Waals surface area contributed by atoms with Crippen LogP contribution in [-0.2, 0) is 9.84 Å². The minimum Gasteiger partial charge on any atom is -0.255 e. The molecule has 4 rings (SSSR count). The molecule has 0 aliphatic rings. The highest BCUT2D eigenvalue weighted by molar-refractivity contribution is 7.91. The Morgan fingerprint density at radius 2 is 1.41 bits per heavy atom. The number of benzene rings is 3. The SMILES string of the molecule is O=S(=O)(c1cc(Cl)cc(Cl)c1)c1cnc2cc(Cl)ccc2c1-c1cccc(Cl)c1. The lowest BCUT2D eigenvalue weighted by Crippen LogP contribution is -2.06. The van der Waals surface area contributed by atoms with Crippen LogP contribution in [0.15, 0.2) is 76.7 Å². The van der Waals surface area contributed by atoms with Gasteiger partial charge in [0.25, 0.3) is 0 Å². The summed E-state index contributed by atoms with van der Waals surface area (Å²) < 4.78 is 27.0. The molecule has 0 radical (unpaired) electrons. The van der Waals surface area contributed by atoms with Crippen molar-refractivity contribution in [3.05, 3.63) is 87.0 Å². The lowest BCUT2D eigenvalue weighted by molar-refractivity contribution is 0.596. The van der Waals surface area contributed by atoms with Gasteiger partial charge in [-0.15, -0.1) is 0 Å². The third kappa shape index (κ3) is 3.96. The molecule has 0 saturated heterocycles. The molecule has 0 saturated carbocycles. The molecular formula is C21H11Cl4NO2S. The van der Waals surface area contributed by atoms with Crippen molar-refractivity contribution in [2.24, 2.45) is 0 Å². The van der Waals surface area contributed by atoms with E-state index in [1.807, 2.05) is 0 Å². The second-order valence-electron chi connectivity index (χ2n) is 6.28. The van der Waals surface area contributed by atoms with E-state index in [2.05, 4.69) is 4.98 Å². The number of sulfone groups is 1. The molecule has 0 bridgehead atoms. The Hall–Kier alpha value is -1.82. The molecule has 0 fully saturated rings. The molecule has 1 heterocycles. The van der Waals surface area contributed by atoms with Crippen LogP contribution >= 0.6 is 46.4 Å². The van der Waals surface area contributed by atoms with Crippen LogP contribution in [0, 0.1) is 0 Å². The van der Waals surface area contributed by atoms with Crippen LogP contribution in [0.25, 0.3) is 22.0 Å². The first-order chi connectivity index (χ1) is 13.8. The number of aromatic nitrogens is 1. The van der Waals surface area contributed by atoms with Gasteiger partial charge in [0.1, 0.15) is 0 Å². The number of pyridine rings is 1. The Labute approximate surface area is 187 Å². The quantitative estimate of drug-likeness (QED) is 0.306. The Bertz CT molecular complexity index is 1350. The second-order valence-corrected chi connectivity index (χ2v) is 9.94. The van der Waals surface area contributed by atoms with Gasteiger partial charge < -0.3 is 0 Å². The first-order valence-corrected chi connectivity index (χ1v) is 11.3. The molecule has 0 unspecified atom stereocenters. The maximum Gasteiger partial charge on any atom is 0.208 e. The number of halogens is 4. The van der Waals surface area contributed by atoms with Gasteiger partial charge in [0.05, 0.1) is 15.3 Å². The third-order valence-electron chi connectivity index (χ3n) is 4.35. The summed E-state index contributed by atoms with van der Waals surface area (Å²) in [6.07, 6.45) is 1.32. The highest BCUT2D eigenvalue weighted by Crippen LogP contribution is 2.38. The number of hydrogen-bond acceptors (Lipinski definition) is 3. The molecule has 29 heavy (non-hydrogen) atoms. The van der Waals surface area contributed by atoms with Crippen LogP contribution in [0.3, 0.4) is 0 Å². The van der Waals surface area contributed by atoms with E-state index in [-0.39, 0.29) is 19.8 Å². The van der Waals surface area contributed by atoms with Gasteiger partial charge in [0, 0.05) is 37.2 Å². The first-order valence-electron chi connectivity index (χ1n) is 8.31. The number of nitrogens with zero attached hydrogens (tertiary/aromatic N) is 1. The van der Waals surface area contributed by atoms with E-state index in [1.165, 1.54) is 24.4 Å². The van der Waals surface area contributed by atoms with E-state index in [1.54, 1.807) is 42.5 Å². The van der Waals surface area contributed by atoms with Gasteiger partial charge in [-0.1, -0.05) is 64.6 Å². The van der Waals surface area contributed by atoms with Crippen LogP contribution < -0.4 is 0 Å². The summed E-state index contributed by atoms with van der Waals surface area (Å²) in [5.41, 5.74) is 1.68. The Morgan fingerprint density at radius 3 is 2.10 bits per heavy atom. The van der Waals surface area contributed by atoms with E-state index < -0.39 is 9.84 Å². The highest BCUT2D eigenvalue weighted by atomic mass is 35.5. The largest absolute Gasteiger partial charge is 0.255 e. The van der Waals surface area contributed by atoms with Crippen molar-refractivity contribution in [3.8, 4) is 11.1 Å². The fourth-order valence-electron chi connectivity index (χ4n) is 3.10. The lowest BCUT2D eigenvalue weighted by Gasteiger charge is -2.14. The molecule has 0 spiro atoms. The van der Waals surface area contributed by atoms with Crippen molar-refractivity contribution >= 4 is 67.1 Å². The summed E-state index contributed by atoms with van der Waals surface area (Å²) in [4.78, 5) is 4.33. The lowest BCUT2D eigenvalue weighted by atomic mass is 10.0. The molecule has 3 aromatic carbocycles. The standard InChI is InChI=1S/C21H11Cl4NO2S/c22-13-3-1-2-12(6-13)21-18-5-4-14(23)10-19(18)26-11-20(21)29(27,28)17-8-15(24)7-16(25)9-17/h1-11H. The molecular weight excluding hydrogens is 472 g/mol. The maximum absolute atomic E-state index is 13.5. The van der Waals surface area contributed by atoms with Crippen LogP contribution in [0.4, 0.5) is 0 Å². The first kappa shape index (κ1) is 20.5. The molecule has 0 atom stereocenters. The topological polar surface area (TPSA) is 47.0 Å². The number of hydrogen-bond donors (Lipinski definition) is 0. The average molecular weight is 483 g/mol. The summed E-state index contributed by atoms with van der Waals surface area (Å²) in [5.74, 6) is 0. The Morgan fingerprint density at radius 1 is 0.724 bits per heavy atom. The van der Waals surface area contributed by atoms with Crippen molar-refractivity contribution in [2.45, 2.75) is 9.79 Å². The molecule has 146 valence electrons. The second kappa shape index (κ2) is 7.78. The van der Waals surface area contributed by atoms with Gasteiger partial charge in [-0.25, -0.2) is 8.42 Å². The van der Waals surface area contributed by atoms with E-state index >= 15 is 0 Å². The molecule has 0 amide bonds. The minimum absolute atomic E-state index is 0.0200. The van der Waals surface area contributed by atoms with E-state index in [4.69, 9.17) is 46.4 Å². The van der Waals surface area contributed by atoms with Crippen LogP contribution in [0.1, 0.15) is 0 Å². The zero-order valence-corrected chi connectivity index (χ0v) is 18.4. The fourth-order valence-corrected chi connectivity index (χ4v) is 5.62. The zero-order valence-electron chi connectivity index (χ0n) is 14.5. The number of fused-ring (bicyclic) bond motifs is 1. The molecule has 0 N–H and O–H groups in total. The van der Waals surface area contributed by atoms with Gasteiger partial charge >= 0.3 is 0 Å². The zero-order chi connectivity index (χ0) is 20.8. The molecule has 4 aromatic rings.